The topological polar surface area (TPSA) is 79.7 Å². The highest BCUT2D eigenvalue weighted by Crippen LogP contribution is 2.30. The van der Waals surface area contributed by atoms with E-state index in [9.17, 15) is 18.0 Å². The van der Waals surface area contributed by atoms with Crippen molar-refractivity contribution in [2.45, 2.75) is 12.6 Å². The second-order valence-electron chi connectivity index (χ2n) is 3.28. The van der Waals surface area contributed by atoms with Gasteiger partial charge in [-0.25, -0.2) is 9.78 Å². The number of aromatic carboxylic acids is 1. The lowest BCUT2D eigenvalue weighted by Crippen LogP contribution is -2.13. The average molecular weight is 265 g/mol. The van der Waals surface area contributed by atoms with Gasteiger partial charge in [-0.15, -0.1) is 0 Å². The van der Waals surface area contributed by atoms with Crippen LogP contribution in [0.3, 0.4) is 0 Å². The Morgan fingerprint density at radius 1 is 1.39 bits per heavy atom. The van der Waals surface area contributed by atoms with Crippen molar-refractivity contribution in [3.8, 4) is 5.88 Å². The van der Waals surface area contributed by atoms with Gasteiger partial charge in [0.2, 0.25) is 5.88 Å². The maximum absolute atomic E-state index is 12.4. The summed E-state index contributed by atoms with van der Waals surface area (Å²) in [5, 5.41) is 17.3. The van der Waals surface area contributed by atoms with Gasteiger partial charge in [0.15, 0.2) is 0 Å². The predicted octanol–water partition coefficient (Wildman–Crippen LogP) is 1.56. The van der Waals surface area contributed by atoms with Crippen LogP contribution in [0.1, 0.15) is 22.5 Å². The lowest BCUT2D eigenvalue weighted by atomic mass is 10.2. The summed E-state index contributed by atoms with van der Waals surface area (Å²) in [6.07, 6.45) is -4.51. The van der Waals surface area contributed by atoms with E-state index in [2.05, 4.69) is 4.98 Å². The molecule has 5 nitrogen and oxygen atoms in total. The van der Waals surface area contributed by atoms with E-state index in [4.69, 9.17) is 14.9 Å². The van der Waals surface area contributed by atoms with Crippen LogP contribution in [0.5, 0.6) is 5.88 Å². The minimum atomic E-state index is -4.67. The number of pyridine rings is 1. The Bertz CT molecular complexity index is 434. The molecule has 0 aliphatic heterocycles. The average Bonchev–Trinajstić information content (AvgIpc) is 2.27. The van der Waals surface area contributed by atoms with Crippen molar-refractivity contribution in [3.05, 3.63) is 23.4 Å². The molecule has 100 valence electrons. The molecule has 0 spiro atoms. The Hall–Kier alpha value is -1.83. The molecule has 0 saturated carbocycles. The number of nitrogens with zero attached hydrogens (tertiary/aromatic N) is 1. The summed E-state index contributed by atoms with van der Waals surface area (Å²) >= 11 is 0. The SMILES string of the molecule is O=C(O)c1ccc(C(F)(F)F)nc1OCCCO. The first-order valence-electron chi connectivity index (χ1n) is 4.91. The summed E-state index contributed by atoms with van der Waals surface area (Å²) in [5.41, 5.74) is -1.69. The van der Waals surface area contributed by atoms with Crippen molar-refractivity contribution in [1.82, 2.24) is 4.98 Å². The summed E-state index contributed by atoms with van der Waals surface area (Å²) in [5.74, 6) is -2.04. The van der Waals surface area contributed by atoms with Crippen LogP contribution in [0.15, 0.2) is 12.1 Å². The third-order valence-corrected chi connectivity index (χ3v) is 1.92. The molecule has 0 amide bonds. The van der Waals surface area contributed by atoms with Crippen LogP contribution in [0, 0.1) is 0 Å². The van der Waals surface area contributed by atoms with E-state index in [1.807, 2.05) is 0 Å². The summed E-state index contributed by atoms with van der Waals surface area (Å²) < 4.78 is 42.0. The molecule has 0 fully saturated rings. The number of hydrogen-bond donors (Lipinski definition) is 2. The number of hydrogen-bond acceptors (Lipinski definition) is 4. The molecule has 2 N–H and O–H groups in total. The quantitative estimate of drug-likeness (QED) is 0.790. The normalized spacial score (nSPS) is 11.3. The monoisotopic (exact) mass is 265 g/mol. The van der Waals surface area contributed by atoms with Crippen molar-refractivity contribution in [1.29, 1.82) is 0 Å². The van der Waals surface area contributed by atoms with E-state index in [0.717, 1.165) is 6.07 Å². The van der Waals surface area contributed by atoms with Gasteiger partial charge in [0, 0.05) is 13.0 Å². The van der Waals surface area contributed by atoms with Crippen LogP contribution in [0.4, 0.5) is 13.2 Å². The van der Waals surface area contributed by atoms with E-state index in [1.165, 1.54) is 0 Å². The number of rotatable bonds is 5. The van der Waals surface area contributed by atoms with Gasteiger partial charge < -0.3 is 14.9 Å². The highest BCUT2D eigenvalue weighted by Gasteiger charge is 2.33. The first-order chi connectivity index (χ1) is 8.36. The molecule has 1 rings (SSSR count). The molecule has 0 aromatic carbocycles. The first-order valence-corrected chi connectivity index (χ1v) is 4.91. The first kappa shape index (κ1) is 14.2. The zero-order valence-electron chi connectivity index (χ0n) is 9.07. The van der Waals surface area contributed by atoms with Crippen LogP contribution in [0.2, 0.25) is 0 Å². The molecule has 0 atom stereocenters. The van der Waals surface area contributed by atoms with Crippen LogP contribution in [0.25, 0.3) is 0 Å². The van der Waals surface area contributed by atoms with Gasteiger partial charge in [-0.1, -0.05) is 0 Å². The van der Waals surface area contributed by atoms with Gasteiger partial charge in [0.05, 0.1) is 6.61 Å². The third kappa shape index (κ3) is 3.59. The fourth-order valence-electron chi connectivity index (χ4n) is 1.10. The largest absolute Gasteiger partial charge is 0.477 e. The number of carbonyl (C=O) groups is 1. The Kier molecular flexibility index (Phi) is 4.49. The number of aliphatic hydroxyl groups excluding tert-OH is 1. The fourth-order valence-corrected chi connectivity index (χ4v) is 1.10. The highest BCUT2D eigenvalue weighted by atomic mass is 19.4. The zero-order chi connectivity index (χ0) is 13.8. The second-order valence-corrected chi connectivity index (χ2v) is 3.28. The lowest BCUT2D eigenvalue weighted by Gasteiger charge is -2.11. The maximum atomic E-state index is 12.4. The number of carboxylic acid groups (broad SMARTS) is 1. The third-order valence-electron chi connectivity index (χ3n) is 1.92. The molecule has 1 aromatic rings. The molecule has 0 aliphatic carbocycles. The number of aliphatic hydroxyl groups is 1. The van der Waals surface area contributed by atoms with E-state index in [0.29, 0.717) is 6.07 Å². The van der Waals surface area contributed by atoms with Gasteiger partial charge in [-0.3, -0.25) is 0 Å². The second kappa shape index (κ2) is 5.67. The number of carboxylic acids is 1. The molecule has 1 heterocycles. The number of alkyl halides is 3. The Morgan fingerprint density at radius 3 is 2.56 bits per heavy atom. The van der Waals surface area contributed by atoms with Crippen LogP contribution < -0.4 is 4.74 Å². The number of halogens is 3. The maximum Gasteiger partial charge on any atom is 0.433 e. The molecule has 0 radical (unpaired) electrons. The van der Waals surface area contributed by atoms with E-state index < -0.39 is 29.3 Å². The molecule has 0 unspecified atom stereocenters. The standard InChI is InChI=1S/C10H10F3NO4/c11-10(12,13)7-3-2-6(9(16)17)8(14-7)18-5-1-4-15/h2-3,15H,1,4-5H2,(H,16,17). The van der Waals surface area contributed by atoms with Crippen molar-refractivity contribution >= 4 is 5.97 Å². The predicted molar refractivity (Wildman–Crippen MR) is 53.4 cm³/mol. The smallest absolute Gasteiger partial charge is 0.433 e. The molecule has 18 heavy (non-hydrogen) atoms. The van der Waals surface area contributed by atoms with Crippen molar-refractivity contribution in [3.63, 3.8) is 0 Å². The molecule has 0 bridgehead atoms. The van der Waals surface area contributed by atoms with Crippen LogP contribution in [-0.2, 0) is 6.18 Å². The summed E-state index contributed by atoms with van der Waals surface area (Å²) in [6, 6.07) is 1.36. The number of aromatic nitrogens is 1. The molecule has 1 aromatic heterocycles. The highest BCUT2D eigenvalue weighted by molar-refractivity contribution is 5.90. The van der Waals surface area contributed by atoms with E-state index >= 15 is 0 Å². The fraction of sp³-hybridized carbons (Fsp3) is 0.400. The van der Waals surface area contributed by atoms with Crippen molar-refractivity contribution < 1.29 is 32.9 Å². The Labute approximate surface area is 99.8 Å². The molecule has 8 heteroatoms. The van der Waals surface area contributed by atoms with E-state index in [1.54, 1.807) is 0 Å². The minimum absolute atomic E-state index is 0.120. The summed E-state index contributed by atoms with van der Waals surface area (Å²) in [4.78, 5) is 13.9. The molecular formula is C10H10F3NO4. The van der Waals surface area contributed by atoms with Gasteiger partial charge in [-0.2, -0.15) is 13.2 Å². The molecule has 0 saturated heterocycles. The van der Waals surface area contributed by atoms with Gasteiger partial charge >= 0.3 is 12.1 Å². The van der Waals surface area contributed by atoms with Gasteiger partial charge in [-0.05, 0) is 12.1 Å². The molecule has 0 aliphatic rings. The minimum Gasteiger partial charge on any atom is -0.477 e. The Morgan fingerprint density at radius 2 is 2.06 bits per heavy atom. The van der Waals surface area contributed by atoms with Crippen molar-refractivity contribution in [2.75, 3.05) is 13.2 Å². The zero-order valence-corrected chi connectivity index (χ0v) is 9.07. The Balaban J connectivity index is 3.04. The van der Waals surface area contributed by atoms with Crippen molar-refractivity contribution in [2.24, 2.45) is 0 Å². The van der Waals surface area contributed by atoms with Gasteiger partial charge in [0.25, 0.3) is 0 Å². The van der Waals surface area contributed by atoms with E-state index in [-0.39, 0.29) is 19.6 Å². The molecular weight excluding hydrogens is 255 g/mol. The van der Waals surface area contributed by atoms with Crippen LogP contribution in [-0.4, -0.2) is 34.4 Å². The number of ether oxygens (including phenoxy) is 1. The lowest BCUT2D eigenvalue weighted by molar-refractivity contribution is -0.141. The van der Waals surface area contributed by atoms with Gasteiger partial charge in [0.1, 0.15) is 11.3 Å². The van der Waals surface area contributed by atoms with Crippen LogP contribution >= 0.6 is 0 Å². The summed E-state index contributed by atoms with van der Waals surface area (Å²) in [7, 11) is 0. The summed E-state index contributed by atoms with van der Waals surface area (Å²) in [6.45, 7) is -0.341.